The monoisotopic (exact) mass is 588 g/mol. The molecule has 6 heteroatoms. The Balaban J connectivity index is 1.31. The molecule has 6 nitrogen and oxygen atoms in total. The molecule has 3 aromatic carbocycles. The molecule has 0 fully saturated rings. The molecule has 0 atom stereocenters. The molecule has 0 amide bonds. The Labute approximate surface area is 257 Å². The lowest BCUT2D eigenvalue weighted by molar-refractivity contribution is 0.0497. The van der Waals surface area contributed by atoms with E-state index >= 15 is 0 Å². The van der Waals surface area contributed by atoms with E-state index in [-0.39, 0.29) is 28.5 Å². The van der Waals surface area contributed by atoms with Crippen LogP contribution in [-0.2, 0) is 15.6 Å². The van der Waals surface area contributed by atoms with Crippen LogP contribution >= 0.6 is 0 Å². The summed E-state index contributed by atoms with van der Waals surface area (Å²) in [6, 6.07) is 18.0. The molecule has 3 aromatic rings. The van der Waals surface area contributed by atoms with Gasteiger partial charge in [0.15, 0.2) is 0 Å². The van der Waals surface area contributed by atoms with E-state index in [4.69, 9.17) is 14.2 Å². The molecule has 232 valence electrons. The van der Waals surface area contributed by atoms with Crippen molar-refractivity contribution in [3.05, 3.63) is 88.5 Å². The first-order valence-corrected chi connectivity index (χ1v) is 15.3. The minimum Gasteiger partial charge on any atom is -0.507 e. The van der Waals surface area contributed by atoms with Crippen molar-refractivity contribution in [2.24, 2.45) is 0 Å². The van der Waals surface area contributed by atoms with Crippen LogP contribution in [0.3, 0.4) is 0 Å². The number of unbranched alkanes of at least 4 members (excludes halogenated alkanes) is 5. The third kappa shape index (κ3) is 10.2. The average molecular weight is 589 g/mol. The summed E-state index contributed by atoms with van der Waals surface area (Å²) in [7, 11) is 0. The molecule has 0 saturated carbocycles. The zero-order chi connectivity index (χ0) is 31.6. The third-order valence-electron chi connectivity index (χ3n) is 7.39. The van der Waals surface area contributed by atoms with Gasteiger partial charge in [0.05, 0.1) is 24.3 Å². The number of ether oxygens (including phenoxy) is 3. The highest BCUT2D eigenvalue weighted by Crippen LogP contribution is 2.40. The van der Waals surface area contributed by atoms with E-state index in [9.17, 15) is 14.7 Å². The molecular weight excluding hydrogens is 540 g/mol. The largest absolute Gasteiger partial charge is 0.507 e. The van der Waals surface area contributed by atoms with Crippen molar-refractivity contribution >= 4 is 11.9 Å². The summed E-state index contributed by atoms with van der Waals surface area (Å²) in [5.41, 5.74) is 2.80. The molecule has 0 aliphatic carbocycles. The van der Waals surface area contributed by atoms with Crippen LogP contribution < -0.4 is 9.47 Å². The SMILES string of the molecule is Cc1ccccc1OC(=O)c1ccc(OCCCCCCCCOC(=O)c2cc(C(C)(C)C)c(O)c(C(C)(C)C)c2)cc1. The predicted octanol–water partition coefficient (Wildman–Crippen LogP) is 9.09. The van der Waals surface area contributed by atoms with Crippen molar-refractivity contribution in [2.45, 2.75) is 97.8 Å². The first kappa shape index (κ1) is 33.7. The van der Waals surface area contributed by atoms with E-state index in [1.165, 1.54) is 0 Å². The molecule has 0 saturated heterocycles. The Bertz CT molecular complexity index is 1320. The van der Waals surface area contributed by atoms with Crippen LogP contribution in [0.5, 0.6) is 17.2 Å². The Kier molecular flexibility index (Phi) is 11.8. The summed E-state index contributed by atoms with van der Waals surface area (Å²) in [4.78, 5) is 25.2. The molecule has 0 spiro atoms. The number of rotatable bonds is 13. The number of hydrogen-bond acceptors (Lipinski definition) is 6. The fourth-order valence-electron chi connectivity index (χ4n) is 4.76. The fourth-order valence-corrected chi connectivity index (χ4v) is 4.76. The standard InChI is InChI=1S/C37H48O6/c1-26-16-12-13-17-32(26)43-35(40)27-18-20-29(21-19-27)41-22-14-10-8-9-11-15-23-42-34(39)28-24-30(36(2,3)4)33(38)31(25-28)37(5,6)7/h12-13,16-21,24-25,38H,8-11,14-15,22-23H2,1-7H3. The smallest absolute Gasteiger partial charge is 0.343 e. The van der Waals surface area contributed by atoms with Crippen LogP contribution in [0.4, 0.5) is 0 Å². The number of carbonyl (C=O) groups excluding carboxylic acids is 2. The second-order valence-corrected chi connectivity index (χ2v) is 13.2. The van der Waals surface area contributed by atoms with Gasteiger partial charge in [0.1, 0.15) is 17.2 Å². The van der Waals surface area contributed by atoms with Gasteiger partial charge in [-0.3, -0.25) is 0 Å². The van der Waals surface area contributed by atoms with Crippen LogP contribution in [0.15, 0.2) is 60.7 Å². The lowest BCUT2D eigenvalue weighted by Gasteiger charge is -2.28. The number of aromatic hydroxyl groups is 1. The van der Waals surface area contributed by atoms with E-state index in [0.29, 0.717) is 30.1 Å². The van der Waals surface area contributed by atoms with Gasteiger partial charge >= 0.3 is 11.9 Å². The van der Waals surface area contributed by atoms with Crippen molar-refractivity contribution in [1.82, 2.24) is 0 Å². The molecule has 1 N–H and O–H groups in total. The average Bonchev–Trinajstić information content (AvgIpc) is 2.94. The lowest BCUT2D eigenvalue weighted by Crippen LogP contribution is -2.19. The van der Waals surface area contributed by atoms with Crippen LogP contribution in [-0.4, -0.2) is 30.3 Å². The van der Waals surface area contributed by atoms with Gasteiger partial charge in [0.2, 0.25) is 0 Å². The molecule has 0 unspecified atom stereocenters. The lowest BCUT2D eigenvalue weighted by atomic mass is 9.78. The zero-order valence-corrected chi connectivity index (χ0v) is 26.9. The maximum Gasteiger partial charge on any atom is 0.343 e. The van der Waals surface area contributed by atoms with Gasteiger partial charge in [-0.15, -0.1) is 0 Å². The fraction of sp³-hybridized carbons (Fsp3) is 0.459. The van der Waals surface area contributed by atoms with Crippen molar-refractivity contribution in [2.75, 3.05) is 13.2 Å². The van der Waals surface area contributed by atoms with E-state index in [1.54, 1.807) is 42.5 Å². The third-order valence-corrected chi connectivity index (χ3v) is 7.39. The number of phenols is 1. The van der Waals surface area contributed by atoms with E-state index in [0.717, 1.165) is 61.0 Å². The highest BCUT2D eigenvalue weighted by molar-refractivity contribution is 5.91. The van der Waals surface area contributed by atoms with Gasteiger partial charge in [0.25, 0.3) is 0 Å². The molecular formula is C37H48O6. The summed E-state index contributed by atoms with van der Waals surface area (Å²) in [5, 5.41) is 10.9. The molecule has 0 aliphatic heterocycles. The topological polar surface area (TPSA) is 82.1 Å². The van der Waals surface area contributed by atoms with Gasteiger partial charge in [-0.1, -0.05) is 85.4 Å². The Morgan fingerprint density at radius 2 is 1.21 bits per heavy atom. The number of phenolic OH excluding ortho intramolecular Hbond substituents is 1. The van der Waals surface area contributed by atoms with Crippen molar-refractivity contribution in [3.8, 4) is 17.2 Å². The summed E-state index contributed by atoms with van der Waals surface area (Å²) in [6.45, 7) is 15.1. The van der Waals surface area contributed by atoms with E-state index in [2.05, 4.69) is 0 Å². The van der Waals surface area contributed by atoms with Crippen molar-refractivity contribution in [1.29, 1.82) is 0 Å². The van der Waals surface area contributed by atoms with Gasteiger partial charge in [-0.05, 0) is 78.6 Å². The molecule has 0 bridgehead atoms. The van der Waals surface area contributed by atoms with Gasteiger partial charge in [-0.2, -0.15) is 0 Å². The van der Waals surface area contributed by atoms with Crippen LogP contribution in [0.2, 0.25) is 0 Å². The maximum atomic E-state index is 12.8. The van der Waals surface area contributed by atoms with Crippen LogP contribution in [0.1, 0.15) is 117 Å². The number of carbonyl (C=O) groups is 2. The minimum absolute atomic E-state index is 0.260. The number of benzene rings is 3. The van der Waals surface area contributed by atoms with Gasteiger partial charge in [0, 0.05) is 11.1 Å². The predicted molar refractivity (Wildman–Crippen MR) is 172 cm³/mol. The Hall–Kier alpha value is -3.80. The van der Waals surface area contributed by atoms with E-state index in [1.807, 2.05) is 66.7 Å². The molecule has 43 heavy (non-hydrogen) atoms. The van der Waals surface area contributed by atoms with Crippen molar-refractivity contribution < 1.29 is 28.9 Å². The number of hydrogen-bond donors (Lipinski definition) is 1. The first-order valence-electron chi connectivity index (χ1n) is 15.3. The van der Waals surface area contributed by atoms with Gasteiger partial charge in [-0.25, -0.2) is 9.59 Å². The summed E-state index contributed by atoms with van der Waals surface area (Å²) in [6.07, 6.45) is 5.96. The molecule has 0 radical (unpaired) electrons. The molecule has 3 rings (SSSR count). The summed E-state index contributed by atoms with van der Waals surface area (Å²) in [5.74, 6) is 0.820. The van der Waals surface area contributed by atoms with E-state index < -0.39 is 0 Å². The highest BCUT2D eigenvalue weighted by atomic mass is 16.5. The first-order chi connectivity index (χ1) is 20.3. The zero-order valence-electron chi connectivity index (χ0n) is 26.9. The van der Waals surface area contributed by atoms with Crippen molar-refractivity contribution in [3.63, 3.8) is 0 Å². The number of esters is 2. The second kappa shape index (κ2) is 15.1. The quantitative estimate of drug-likeness (QED) is 0.122. The normalized spacial score (nSPS) is 11.7. The Morgan fingerprint density at radius 1 is 0.674 bits per heavy atom. The minimum atomic E-state index is -0.389. The molecule has 0 aliphatic rings. The summed E-state index contributed by atoms with van der Waals surface area (Å²) >= 11 is 0. The van der Waals surface area contributed by atoms with Crippen LogP contribution in [0, 0.1) is 6.92 Å². The van der Waals surface area contributed by atoms with Gasteiger partial charge < -0.3 is 19.3 Å². The number of aryl methyl sites for hydroxylation is 1. The molecule has 0 heterocycles. The number of para-hydroxylation sites is 1. The maximum absolute atomic E-state index is 12.8. The highest BCUT2D eigenvalue weighted by Gasteiger charge is 2.28. The second-order valence-electron chi connectivity index (χ2n) is 13.2. The Morgan fingerprint density at radius 3 is 1.77 bits per heavy atom. The summed E-state index contributed by atoms with van der Waals surface area (Å²) < 4.78 is 16.9. The van der Waals surface area contributed by atoms with Crippen LogP contribution in [0.25, 0.3) is 0 Å². The molecule has 0 aromatic heterocycles.